The number of allylic oxidation sites excluding steroid dienone is 3. The molecule has 0 aromatic heterocycles. The minimum absolute atomic E-state index is 0.0546. The molecule has 0 saturated carbocycles. The van der Waals surface area contributed by atoms with Gasteiger partial charge in [0, 0.05) is 11.5 Å². The van der Waals surface area contributed by atoms with Gasteiger partial charge in [-0.3, -0.25) is 0 Å². The lowest BCUT2D eigenvalue weighted by molar-refractivity contribution is 0.224. The summed E-state index contributed by atoms with van der Waals surface area (Å²) in [6.07, 6.45) is 5.98. The van der Waals surface area contributed by atoms with E-state index in [9.17, 15) is 4.79 Å². The summed E-state index contributed by atoms with van der Waals surface area (Å²) >= 11 is 0. The van der Waals surface area contributed by atoms with E-state index in [1.54, 1.807) is 0 Å². The standard InChI is InChI=1S/C19H22N2O3/c1-11(2)23-16-6-5-7-17(24-12(3)4)18(16)13-8-9-14-15(10-13)21-19(22)20-14/h5-13H,1-4H3,(H,21,22). The van der Waals surface area contributed by atoms with Crippen molar-refractivity contribution in [2.24, 2.45) is 4.99 Å². The lowest BCUT2D eigenvalue weighted by Crippen LogP contribution is -2.18. The molecule has 2 amide bonds. The molecule has 2 aliphatic rings. The van der Waals surface area contributed by atoms with Crippen LogP contribution in [-0.2, 0) is 0 Å². The number of nitrogens with zero attached hydrogens (tertiary/aromatic N) is 1. The summed E-state index contributed by atoms with van der Waals surface area (Å²) in [4.78, 5) is 15.4. The number of rotatable bonds is 5. The van der Waals surface area contributed by atoms with E-state index in [1.165, 1.54) is 0 Å². The number of carbonyl (C=O) groups excluding carboxylic acids is 1. The van der Waals surface area contributed by atoms with Crippen LogP contribution in [0.1, 0.15) is 39.2 Å². The molecule has 1 aromatic carbocycles. The number of hydrogen-bond acceptors (Lipinski definition) is 3. The number of fused-ring (bicyclic) bond motifs is 1. The van der Waals surface area contributed by atoms with Gasteiger partial charge in [0.05, 0.1) is 23.6 Å². The van der Waals surface area contributed by atoms with E-state index in [4.69, 9.17) is 9.47 Å². The number of hydrogen-bond donors (Lipinski definition) is 1. The monoisotopic (exact) mass is 326 g/mol. The molecule has 0 saturated heterocycles. The molecule has 1 N–H and O–H groups in total. The van der Waals surface area contributed by atoms with Gasteiger partial charge in [-0.1, -0.05) is 12.1 Å². The van der Waals surface area contributed by atoms with Crippen molar-refractivity contribution in [3.8, 4) is 11.5 Å². The Balaban J connectivity index is 2.03. The zero-order chi connectivity index (χ0) is 17.3. The maximum absolute atomic E-state index is 11.5. The van der Waals surface area contributed by atoms with Gasteiger partial charge in [0.1, 0.15) is 11.5 Å². The number of benzene rings is 1. The molecule has 1 heterocycles. The van der Waals surface area contributed by atoms with Crippen LogP contribution in [0.15, 0.2) is 47.1 Å². The van der Waals surface area contributed by atoms with Gasteiger partial charge in [-0.25, -0.2) is 4.79 Å². The fourth-order valence-electron chi connectivity index (χ4n) is 2.81. The normalized spacial score (nSPS) is 19.1. The summed E-state index contributed by atoms with van der Waals surface area (Å²) in [6, 6.07) is 5.51. The van der Waals surface area contributed by atoms with Gasteiger partial charge in [-0.05, 0) is 52.0 Å². The number of urea groups is 1. The van der Waals surface area contributed by atoms with Crippen LogP contribution in [0.25, 0.3) is 0 Å². The Morgan fingerprint density at radius 2 is 1.71 bits per heavy atom. The Morgan fingerprint density at radius 1 is 1.08 bits per heavy atom. The number of carbonyl (C=O) groups is 1. The van der Waals surface area contributed by atoms with Gasteiger partial charge in [-0.2, -0.15) is 4.99 Å². The van der Waals surface area contributed by atoms with Gasteiger partial charge in [-0.15, -0.1) is 0 Å². The maximum Gasteiger partial charge on any atom is 0.346 e. The first-order valence-corrected chi connectivity index (χ1v) is 8.20. The summed E-state index contributed by atoms with van der Waals surface area (Å²) in [5.74, 6) is 1.53. The van der Waals surface area contributed by atoms with E-state index < -0.39 is 0 Å². The van der Waals surface area contributed by atoms with Crippen molar-refractivity contribution in [3.63, 3.8) is 0 Å². The highest BCUT2D eigenvalue weighted by Crippen LogP contribution is 2.39. The van der Waals surface area contributed by atoms with Crippen LogP contribution in [0, 0.1) is 0 Å². The van der Waals surface area contributed by atoms with Crippen LogP contribution in [0.4, 0.5) is 4.79 Å². The summed E-state index contributed by atoms with van der Waals surface area (Å²) in [5.41, 5.74) is 2.37. The SMILES string of the molecule is CC(C)Oc1cccc(OC(C)C)c1C1C=CC2=NC(=O)NC2=C1. The summed E-state index contributed by atoms with van der Waals surface area (Å²) in [7, 11) is 0. The van der Waals surface area contributed by atoms with E-state index in [0.29, 0.717) is 5.71 Å². The molecule has 1 aliphatic carbocycles. The van der Waals surface area contributed by atoms with Crippen LogP contribution < -0.4 is 14.8 Å². The molecular weight excluding hydrogens is 304 g/mol. The molecule has 24 heavy (non-hydrogen) atoms. The van der Waals surface area contributed by atoms with Crippen LogP contribution in [0.2, 0.25) is 0 Å². The lowest BCUT2D eigenvalue weighted by atomic mass is 9.91. The molecule has 1 aromatic rings. The summed E-state index contributed by atoms with van der Waals surface area (Å²) in [6.45, 7) is 7.99. The van der Waals surface area contributed by atoms with Gasteiger partial charge < -0.3 is 14.8 Å². The second-order valence-corrected chi connectivity index (χ2v) is 6.39. The largest absolute Gasteiger partial charge is 0.491 e. The van der Waals surface area contributed by atoms with E-state index in [2.05, 4.69) is 10.3 Å². The maximum atomic E-state index is 11.5. The van der Waals surface area contributed by atoms with Crippen LogP contribution in [0.3, 0.4) is 0 Å². The van der Waals surface area contributed by atoms with E-state index in [0.717, 1.165) is 22.8 Å². The van der Waals surface area contributed by atoms with Gasteiger partial charge in [0.2, 0.25) is 0 Å². The average Bonchev–Trinajstić information content (AvgIpc) is 2.85. The quantitative estimate of drug-likeness (QED) is 0.891. The van der Waals surface area contributed by atoms with Crippen LogP contribution in [0.5, 0.6) is 11.5 Å². The minimum atomic E-state index is -0.327. The Kier molecular flexibility index (Phi) is 4.42. The van der Waals surface area contributed by atoms with Gasteiger partial charge >= 0.3 is 6.03 Å². The summed E-state index contributed by atoms with van der Waals surface area (Å²) < 4.78 is 12.0. The molecule has 1 atom stereocenters. The lowest BCUT2D eigenvalue weighted by Gasteiger charge is -2.23. The first kappa shape index (κ1) is 16.3. The van der Waals surface area contributed by atoms with Crippen molar-refractivity contribution in [3.05, 3.63) is 47.7 Å². The second kappa shape index (κ2) is 6.51. The molecule has 0 radical (unpaired) electrons. The van der Waals surface area contributed by atoms with Crippen LogP contribution in [-0.4, -0.2) is 24.0 Å². The Morgan fingerprint density at radius 3 is 2.29 bits per heavy atom. The molecule has 126 valence electrons. The minimum Gasteiger partial charge on any atom is -0.491 e. The second-order valence-electron chi connectivity index (χ2n) is 6.39. The number of nitrogens with one attached hydrogen (secondary N) is 1. The van der Waals surface area contributed by atoms with Crippen molar-refractivity contribution in [1.82, 2.24) is 5.32 Å². The Hall–Kier alpha value is -2.56. The van der Waals surface area contributed by atoms with Gasteiger partial charge in [0.15, 0.2) is 0 Å². The first-order valence-electron chi connectivity index (χ1n) is 8.20. The summed E-state index contributed by atoms with van der Waals surface area (Å²) in [5, 5.41) is 2.76. The topological polar surface area (TPSA) is 59.9 Å². The molecule has 0 fully saturated rings. The molecule has 1 unspecified atom stereocenters. The highest BCUT2D eigenvalue weighted by atomic mass is 16.5. The molecule has 0 bridgehead atoms. The van der Waals surface area contributed by atoms with E-state index in [-0.39, 0.29) is 24.2 Å². The van der Waals surface area contributed by atoms with Crippen molar-refractivity contribution in [2.45, 2.75) is 45.8 Å². The highest BCUT2D eigenvalue weighted by Gasteiger charge is 2.26. The highest BCUT2D eigenvalue weighted by molar-refractivity contribution is 6.19. The molecule has 0 spiro atoms. The molecule has 5 nitrogen and oxygen atoms in total. The Bertz CT molecular complexity index is 717. The average molecular weight is 326 g/mol. The third-order valence-electron chi connectivity index (χ3n) is 3.63. The number of amides is 2. The van der Waals surface area contributed by atoms with Crippen molar-refractivity contribution in [1.29, 1.82) is 0 Å². The third kappa shape index (κ3) is 3.35. The zero-order valence-corrected chi connectivity index (χ0v) is 14.4. The predicted octanol–water partition coefficient (Wildman–Crippen LogP) is 3.96. The molecule has 3 rings (SSSR count). The number of aliphatic imine (C=N–C) groups is 1. The van der Waals surface area contributed by atoms with Gasteiger partial charge in [0.25, 0.3) is 0 Å². The van der Waals surface area contributed by atoms with Crippen LogP contribution >= 0.6 is 0 Å². The molecule has 5 heteroatoms. The van der Waals surface area contributed by atoms with E-state index in [1.807, 2.05) is 64.1 Å². The molecule has 1 aliphatic heterocycles. The zero-order valence-electron chi connectivity index (χ0n) is 14.4. The fourth-order valence-corrected chi connectivity index (χ4v) is 2.81. The fraction of sp³-hybridized carbons (Fsp3) is 0.368. The predicted molar refractivity (Wildman–Crippen MR) is 93.9 cm³/mol. The van der Waals surface area contributed by atoms with Crippen molar-refractivity contribution >= 4 is 11.7 Å². The number of ether oxygens (including phenoxy) is 2. The van der Waals surface area contributed by atoms with Crippen molar-refractivity contribution < 1.29 is 14.3 Å². The van der Waals surface area contributed by atoms with Crippen molar-refractivity contribution in [2.75, 3.05) is 0 Å². The molecular formula is C19H22N2O3. The van der Waals surface area contributed by atoms with E-state index >= 15 is 0 Å². The first-order chi connectivity index (χ1) is 11.4. The smallest absolute Gasteiger partial charge is 0.346 e. The Labute approximate surface area is 142 Å². The third-order valence-corrected chi connectivity index (χ3v) is 3.63.